The van der Waals surface area contributed by atoms with E-state index in [0.717, 1.165) is 24.2 Å². The van der Waals surface area contributed by atoms with Crippen molar-refractivity contribution in [1.29, 1.82) is 0 Å². The molecule has 0 amide bonds. The lowest BCUT2D eigenvalue weighted by atomic mass is 10.1. The molecular formula is C16H24N4O. The van der Waals surface area contributed by atoms with Gasteiger partial charge in [-0.05, 0) is 46.2 Å². The number of aryl methyl sites for hydroxylation is 2. The molecule has 0 saturated carbocycles. The first-order valence-electron chi connectivity index (χ1n) is 7.28. The highest BCUT2D eigenvalue weighted by Crippen LogP contribution is 2.22. The maximum atomic E-state index is 5.78. The quantitative estimate of drug-likeness (QED) is 0.917. The van der Waals surface area contributed by atoms with E-state index < -0.39 is 0 Å². The number of hydrogen-bond donors (Lipinski definition) is 1. The molecule has 5 heteroatoms. The maximum absolute atomic E-state index is 5.78. The smallest absolute Gasteiger partial charge is 0.222 e. The van der Waals surface area contributed by atoms with Gasteiger partial charge in [0, 0.05) is 30.4 Å². The summed E-state index contributed by atoms with van der Waals surface area (Å²) in [6.45, 7) is 12.1. The van der Waals surface area contributed by atoms with E-state index in [-0.39, 0.29) is 5.54 Å². The van der Waals surface area contributed by atoms with Gasteiger partial charge in [0.15, 0.2) is 5.75 Å². The third kappa shape index (κ3) is 4.56. The van der Waals surface area contributed by atoms with Crippen LogP contribution >= 0.6 is 0 Å². The van der Waals surface area contributed by atoms with Gasteiger partial charge in [-0.15, -0.1) is 0 Å². The average molecular weight is 288 g/mol. The van der Waals surface area contributed by atoms with E-state index in [0.29, 0.717) is 11.6 Å². The van der Waals surface area contributed by atoms with E-state index in [1.165, 1.54) is 0 Å². The molecule has 0 fully saturated rings. The van der Waals surface area contributed by atoms with Gasteiger partial charge >= 0.3 is 0 Å². The van der Waals surface area contributed by atoms with Crippen molar-refractivity contribution in [1.82, 2.24) is 20.1 Å². The highest BCUT2D eigenvalue weighted by atomic mass is 16.5. The van der Waals surface area contributed by atoms with Crippen LogP contribution in [0.1, 0.15) is 38.8 Å². The molecule has 1 N–H and O–H groups in total. The number of aromatic nitrogens is 3. The summed E-state index contributed by atoms with van der Waals surface area (Å²) in [5.41, 5.74) is 2.27. The molecule has 0 atom stereocenters. The first kappa shape index (κ1) is 15.5. The van der Waals surface area contributed by atoms with E-state index >= 15 is 0 Å². The van der Waals surface area contributed by atoms with E-state index in [1.54, 1.807) is 6.20 Å². The van der Waals surface area contributed by atoms with Crippen LogP contribution in [0.4, 0.5) is 0 Å². The summed E-state index contributed by atoms with van der Waals surface area (Å²) >= 11 is 0. The van der Waals surface area contributed by atoms with Crippen LogP contribution in [-0.2, 0) is 13.1 Å². The third-order valence-electron chi connectivity index (χ3n) is 3.06. The molecule has 2 heterocycles. The molecule has 114 valence electrons. The van der Waals surface area contributed by atoms with Crippen molar-refractivity contribution in [2.24, 2.45) is 0 Å². The minimum Gasteiger partial charge on any atom is -0.435 e. The summed E-state index contributed by atoms with van der Waals surface area (Å²) < 4.78 is 7.60. The zero-order valence-corrected chi connectivity index (χ0v) is 13.5. The van der Waals surface area contributed by atoms with Crippen LogP contribution in [0.25, 0.3) is 0 Å². The fraction of sp³-hybridized carbons (Fsp3) is 0.500. The Morgan fingerprint density at radius 2 is 2.05 bits per heavy atom. The molecule has 0 aliphatic rings. The first-order chi connectivity index (χ1) is 9.87. The molecule has 2 rings (SSSR count). The van der Waals surface area contributed by atoms with Gasteiger partial charge in [-0.3, -0.25) is 4.68 Å². The molecule has 2 aromatic rings. The maximum Gasteiger partial charge on any atom is 0.222 e. The van der Waals surface area contributed by atoms with Crippen LogP contribution in [0.15, 0.2) is 24.7 Å². The molecule has 0 unspecified atom stereocenters. The van der Waals surface area contributed by atoms with E-state index in [9.17, 15) is 0 Å². The Kier molecular flexibility index (Phi) is 4.63. The standard InChI is InChI=1S/C16H24N4O/c1-6-20-11-14(10-19-20)21-15-12(2)7-13(8-17-15)9-18-16(3,4)5/h7-8,10-11,18H,6,9H2,1-5H3. The summed E-state index contributed by atoms with van der Waals surface area (Å²) in [5, 5.41) is 7.64. The summed E-state index contributed by atoms with van der Waals surface area (Å²) in [4.78, 5) is 4.41. The van der Waals surface area contributed by atoms with Gasteiger partial charge in [-0.2, -0.15) is 5.10 Å². The fourth-order valence-corrected chi connectivity index (χ4v) is 1.87. The molecular weight excluding hydrogens is 264 g/mol. The van der Waals surface area contributed by atoms with Crippen molar-refractivity contribution in [3.05, 3.63) is 35.8 Å². The Hall–Kier alpha value is -1.88. The molecule has 0 aromatic carbocycles. The molecule has 0 spiro atoms. The van der Waals surface area contributed by atoms with Crippen LogP contribution in [-0.4, -0.2) is 20.3 Å². The Morgan fingerprint density at radius 1 is 1.29 bits per heavy atom. The van der Waals surface area contributed by atoms with Crippen molar-refractivity contribution >= 4 is 0 Å². The normalized spacial score (nSPS) is 11.7. The Bertz CT molecular complexity index is 599. The lowest BCUT2D eigenvalue weighted by Gasteiger charge is -2.20. The lowest BCUT2D eigenvalue weighted by Crippen LogP contribution is -2.35. The molecule has 0 radical (unpaired) electrons. The van der Waals surface area contributed by atoms with Gasteiger partial charge in [0.05, 0.1) is 12.4 Å². The molecule has 0 saturated heterocycles. The fourth-order valence-electron chi connectivity index (χ4n) is 1.87. The van der Waals surface area contributed by atoms with Crippen LogP contribution in [0, 0.1) is 6.92 Å². The number of nitrogens with one attached hydrogen (secondary N) is 1. The monoisotopic (exact) mass is 288 g/mol. The second-order valence-electron chi connectivity index (χ2n) is 6.20. The largest absolute Gasteiger partial charge is 0.435 e. The van der Waals surface area contributed by atoms with Crippen LogP contribution in [0.3, 0.4) is 0 Å². The Balaban J connectivity index is 2.05. The highest BCUT2D eigenvalue weighted by molar-refractivity contribution is 5.32. The zero-order valence-electron chi connectivity index (χ0n) is 13.5. The first-order valence-corrected chi connectivity index (χ1v) is 7.28. The molecule has 21 heavy (non-hydrogen) atoms. The SMILES string of the molecule is CCn1cc(Oc2ncc(CNC(C)(C)C)cc2C)cn1. The second-order valence-corrected chi connectivity index (χ2v) is 6.20. The summed E-state index contributed by atoms with van der Waals surface area (Å²) in [5.74, 6) is 1.35. The van der Waals surface area contributed by atoms with E-state index in [1.807, 2.05) is 30.9 Å². The Labute approximate surface area is 126 Å². The summed E-state index contributed by atoms with van der Waals surface area (Å²) in [6.07, 6.45) is 5.43. The van der Waals surface area contributed by atoms with Crippen LogP contribution < -0.4 is 10.1 Å². The van der Waals surface area contributed by atoms with Crippen molar-refractivity contribution in [2.45, 2.75) is 53.2 Å². The molecule has 0 bridgehead atoms. The molecule has 0 aliphatic carbocycles. The van der Waals surface area contributed by atoms with Crippen LogP contribution in [0.2, 0.25) is 0 Å². The number of hydrogen-bond acceptors (Lipinski definition) is 4. The van der Waals surface area contributed by atoms with E-state index in [2.05, 4.69) is 42.2 Å². The summed E-state index contributed by atoms with van der Waals surface area (Å²) in [7, 11) is 0. The number of rotatable bonds is 5. The summed E-state index contributed by atoms with van der Waals surface area (Å²) in [6, 6.07) is 2.10. The third-order valence-corrected chi connectivity index (χ3v) is 3.06. The van der Waals surface area contributed by atoms with Gasteiger partial charge in [0.25, 0.3) is 0 Å². The number of ether oxygens (including phenoxy) is 1. The zero-order chi connectivity index (χ0) is 15.5. The van der Waals surface area contributed by atoms with E-state index in [4.69, 9.17) is 4.74 Å². The van der Waals surface area contributed by atoms with Gasteiger partial charge in [0.2, 0.25) is 5.88 Å². The van der Waals surface area contributed by atoms with Gasteiger partial charge < -0.3 is 10.1 Å². The van der Waals surface area contributed by atoms with Crippen molar-refractivity contribution in [3.8, 4) is 11.6 Å². The van der Waals surface area contributed by atoms with Crippen molar-refractivity contribution in [3.63, 3.8) is 0 Å². The predicted molar refractivity (Wildman–Crippen MR) is 83.5 cm³/mol. The lowest BCUT2D eigenvalue weighted by molar-refractivity contribution is 0.422. The molecule has 2 aromatic heterocycles. The van der Waals surface area contributed by atoms with Crippen molar-refractivity contribution in [2.75, 3.05) is 0 Å². The predicted octanol–water partition coefficient (Wildman–Crippen LogP) is 3.29. The number of pyridine rings is 1. The molecule has 5 nitrogen and oxygen atoms in total. The van der Waals surface area contributed by atoms with Gasteiger partial charge in [0.1, 0.15) is 0 Å². The van der Waals surface area contributed by atoms with Crippen molar-refractivity contribution < 1.29 is 4.74 Å². The minimum absolute atomic E-state index is 0.0951. The average Bonchev–Trinajstić information content (AvgIpc) is 2.86. The Morgan fingerprint density at radius 3 is 2.62 bits per heavy atom. The van der Waals surface area contributed by atoms with Gasteiger partial charge in [-0.25, -0.2) is 4.98 Å². The minimum atomic E-state index is 0.0951. The second kappa shape index (κ2) is 6.26. The molecule has 0 aliphatic heterocycles. The highest BCUT2D eigenvalue weighted by Gasteiger charge is 2.10. The van der Waals surface area contributed by atoms with Gasteiger partial charge in [-0.1, -0.05) is 0 Å². The topological polar surface area (TPSA) is 52.0 Å². The van der Waals surface area contributed by atoms with Crippen LogP contribution in [0.5, 0.6) is 11.6 Å². The number of nitrogens with zero attached hydrogens (tertiary/aromatic N) is 3.